The highest BCUT2D eigenvalue weighted by Gasteiger charge is 2.53. The number of fused-ring (bicyclic) bond motifs is 25. The van der Waals surface area contributed by atoms with E-state index < -0.39 is 10.8 Å². The maximum atomic E-state index is 2.58. The van der Waals surface area contributed by atoms with Crippen molar-refractivity contribution in [3.05, 3.63) is 372 Å². The van der Waals surface area contributed by atoms with Crippen molar-refractivity contribution in [2.24, 2.45) is 0 Å². The van der Waals surface area contributed by atoms with E-state index in [9.17, 15) is 0 Å². The molecule has 16 aromatic rings. The SMILES string of the molecule is c1ccc(N(c2ccc(-n3c4ccccc4c4ccccc43)cc2)c2ccc3c(-c4ccc5c(c4)C4(c6ccccc6-c6ccccc64)c4ccccc4-5)c4ccccc4c(-c4ccc5c(c4)C4(c6ccccc6-c6ccccc64)c4ccccc4-5)c3c2)cc1. The Labute approximate surface area is 522 Å². The molecule has 0 radical (unpaired) electrons. The molecular formula is C88H54N2. The van der Waals surface area contributed by atoms with Crippen LogP contribution in [0.3, 0.4) is 0 Å². The van der Waals surface area contributed by atoms with Crippen molar-refractivity contribution in [2.75, 3.05) is 4.90 Å². The van der Waals surface area contributed by atoms with Crippen molar-refractivity contribution in [2.45, 2.75) is 10.8 Å². The lowest BCUT2D eigenvalue weighted by molar-refractivity contribution is 0.794. The van der Waals surface area contributed by atoms with E-state index in [1.807, 2.05) is 0 Å². The topological polar surface area (TPSA) is 8.17 Å². The maximum Gasteiger partial charge on any atom is 0.0725 e. The van der Waals surface area contributed by atoms with E-state index in [1.54, 1.807) is 0 Å². The quantitative estimate of drug-likeness (QED) is 0.151. The summed E-state index contributed by atoms with van der Waals surface area (Å²) in [6.45, 7) is 0. The average Bonchev–Trinajstić information content (AvgIpc) is 1.51. The summed E-state index contributed by atoms with van der Waals surface area (Å²) >= 11 is 0. The predicted octanol–water partition coefficient (Wildman–Crippen LogP) is 22.6. The first kappa shape index (κ1) is 49.5. The number of aromatic nitrogens is 1. The summed E-state index contributed by atoms with van der Waals surface area (Å²) in [6, 6.07) is 124. The molecule has 2 heteroatoms. The van der Waals surface area contributed by atoms with E-state index in [4.69, 9.17) is 0 Å². The summed E-state index contributed by atoms with van der Waals surface area (Å²) in [4.78, 5) is 2.44. The van der Waals surface area contributed by atoms with Gasteiger partial charge in [0.25, 0.3) is 0 Å². The third kappa shape index (κ3) is 6.41. The number of rotatable bonds is 6. The molecule has 0 fully saturated rings. The van der Waals surface area contributed by atoms with Crippen LogP contribution in [0.15, 0.2) is 328 Å². The molecule has 0 aliphatic heterocycles. The van der Waals surface area contributed by atoms with Gasteiger partial charge < -0.3 is 9.47 Å². The molecule has 4 aliphatic carbocycles. The molecule has 4 aliphatic rings. The summed E-state index contributed by atoms with van der Waals surface area (Å²) in [5.74, 6) is 0. The van der Waals surface area contributed by atoms with E-state index in [0.29, 0.717) is 0 Å². The molecule has 15 aromatic carbocycles. The van der Waals surface area contributed by atoms with Crippen molar-refractivity contribution < 1.29 is 0 Å². The zero-order valence-corrected chi connectivity index (χ0v) is 49.1. The monoisotopic (exact) mass is 1140 g/mol. The zero-order chi connectivity index (χ0) is 58.8. The van der Waals surface area contributed by atoms with Gasteiger partial charge in [-0.25, -0.2) is 0 Å². The highest BCUT2D eigenvalue weighted by Crippen LogP contribution is 2.65. The van der Waals surface area contributed by atoms with Gasteiger partial charge in [-0.3, -0.25) is 0 Å². The van der Waals surface area contributed by atoms with Gasteiger partial charge in [-0.1, -0.05) is 255 Å². The van der Waals surface area contributed by atoms with Gasteiger partial charge in [0.05, 0.1) is 21.9 Å². The highest BCUT2D eigenvalue weighted by molar-refractivity contribution is 6.23. The van der Waals surface area contributed by atoms with E-state index in [1.165, 1.54) is 155 Å². The van der Waals surface area contributed by atoms with Gasteiger partial charge in [-0.15, -0.1) is 0 Å². The number of nitrogens with zero attached hydrogens (tertiary/aromatic N) is 2. The smallest absolute Gasteiger partial charge is 0.0725 e. The van der Waals surface area contributed by atoms with E-state index in [0.717, 1.165) is 22.7 Å². The van der Waals surface area contributed by atoms with Gasteiger partial charge in [0, 0.05) is 33.5 Å². The number of hydrogen-bond donors (Lipinski definition) is 0. The Morgan fingerprint density at radius 2 is 0.533 bits per heavy atom. The Kier molecular flexibility index (Phi) is 10.2. The molecule has 90 heavy (non-hydrogen) atoms. The minimum atomic E-state index is -0.503. The third-order valence-corrected chi connectivity index (χ3v) is 20.8. The summed E-state index contributed by atoms with van der Waals surface area (Å²) in [5, 5.41) is 7.33. The van der Waals surface area contributed by atoms with Crippen LogP contribution >= 0.6 is 0 Å². The van der Waals surface area contributed by atoms with Crippen molar-refractivity contribution in [1.82, 2.24) is 4.57 Å². The molecule has 0 saturated carbocycles. The summed E-state index contributed by atoms with van der Waals surface area (Å²) in [5.41, 5.74) is 31.7. The Bertz CT molecular complexity index is 5560. The molecule has 2 nitrogen and oxygen atoms in total. The molecule has 0 bridgehead atoms. The van der Waals surface area contributed by atoms with Gasteiger partial charge in [0.1, 0.15) is 0 Å². The van der Waals surface area contributed by atoms with Crippen LogP contribution in [0.25, 0.3) is 116 Å². The predicted molar refractivity (Wildman–Crippen MR) is 374 cm³/mol. The van der Waals surface area contributed by atoms with Crippen LogP contribution < -0.4 is 4.90 Å². The molecule has 0 atom stereocenters. The zero-order valence-electron chi connectivity index (χ0n) is 49.1. The Balaban J connectivity index is 0.856. The van der Waals surface area contributed by atoms with E-state index in [2.05, 4.69) is 337 Å². The summed E-state index contributed by atoms with van der Waals surface area (Å²) in [7, 11) is 0. The average molecular weight is 1140 g/mol. The van der Waals surface area contributed by atoms with Gasteiger partial charge in [-0.05, 0) is 206 Å². The Morgan fingerprint density at radius 1 is 0.211 bits per heavy atom. The molecule has 0 N–H and O–H groups in total. The lowest BCUT2D eigenvalue weighted by atomic mass is 9.70. The van der Waals surface area contributed by atoms with E-state index in [-0.39, 0.29) is 0 Å². The Hall–Kier alpha value is -11.6. The van der Waals surface area contributed by atoms with Crippen LogP contribution in [0.2, 0.25) is 0 Å². The first-order valence-corrected chi connectivity index (χ1v) is 31.5. The van der Waals surface area contributed by atoms with Gasteiger partial charge >= 0.3 is 0 Å². The molecule has 1 heterocycles. The number of hydrogen-bond acceptors (Lipinski definition) is 1. The first-order valence-electron chi connectivity index (χ1n) is 31.5. The van der Waals surface area contributed by atoms with Crippen LogP contribution in [0.4, 0.5) is 17.1 Å². The van der Waals surface area contributed by atoms with Crippen LogP contribution in [-0.4, -0.2) is 4.57 Å². The molecule has 20 rings (SSSR count). The van der Waals surface area contributed by atoms with Crippen LogP contribution in [-0.2, 0) is 10.8 Å². The second kappa shape index (κ2) is 18.5. The molecule has 0 saturated heterocycles. The Morgan fingerprint density at radius 3 is 0.967 bits per heavy atom. The molecule has 2 spiro atoms. The van der Waals surface area contributed by atoms with Crippen molar-refractivity contribution in [3.8, 4) is 72.4 Å². The fraction of sp³-hybridized carbons (Fsp3) is 0.0227. The van der Waals surface area contributed by atoms with Crippen molar-refractivity contribution >= 4 is 60.4 Å². The lowest BCUT2D eigenvalue weighted by Crippen LogP contribution is -2.25. The molecule has 416 valence electrons. The largest absolute Gasteiger partial charge is 0.310 e. The fourth-order valence-corrected chi connectivity index (χ4v) is 17.4. The second-order valence-electron chi connectivity index (χ2n) is 24.9. The highest BCUT2D eigenvalue weighted by atomic mass is 15.1. The molecule has 0 unspecified atom stereocenters. The van der Waals surface area contributed by atoms with E-state index >= 15 is 0 Å². The van der Waals surface area contributed by atoms with Crippen LogP contribution in [0, 0.1) is 0 Å². The van der Waals surface area contributed by atoms with Gasteiger partial charge in [0.2, 0.25) is 0 Å². The lowest BCUT2D eigenvalue weighted by Gasteiger charge is -2.31. The molecular weight excluding hydrogens is 1080 g/mol. The van der Waals surface area contributed by atoms with Crippen molar-refractivity contribution in [1.29, 1.82) is 0 Å². The normalized spacial score (nSPS) is 13.7. The standard InChI is InChI=1S/C88H54N2/c1-2-22-57(23-3-1)89(58-44-46-59(47-45-58)90-83-40-20-12-30-69(83)70-31-13-21-41-84(70)90)60-48-51-73-74(54-60)86(56-43-50-68-66-29-11-19-39-80(66)88(82(68)53-56)77-36-16-8-26-63(77)64-27-9-17-37-78(64)88)72-33-5-4-32-71(72)85(73)55-42-49-67-65-28-10-18-38-79(65)87(81(67)52-55)75-34-14-6-24-61(75)62-25-7-15-35-76(62)87/h1-54H. The minimum absolute atomic E-state index is 0.490. The summed E-state index contributed by atoms with van der Waals surface area (Å²) in [6.07, 6.45) is 0. The molecule has 0 amide bonds. The van der Waals surface area contributed by atoms with Crippen LogP contribution in [0.5, 0.6) is 0 Å². The van der Waals surface area contributed by atoms with Gasteiger partial charge in [-0.2, -0.15) is 0 Å². The maximum absolute atomic E-state index is 2.58. The first-order chi connectivity index (χ1) is 44.7. The van der Waals surface area contributed by atoms with Gasteiger partial charge in [0.15, 0.2) is 0 Å². The molecule has 1 aromatic heterocycles. The fourth-order valence-electron chi connectivity index (χ4n) is 17.4. The minimum Gasteiger partial charge on any atom is -0.310 e. The number of benzene rings is 15. The van der Waals surface area contributed by atoms with Crippen molar-refractivity contribution in [3.63, 3.8) is 0 Å². The summed E-state index contributed by atoms with van der Waals surface area (Å²) < 4.78 is 2.40. The number of para-hydroxylation sites is 3. The van der Waals surface area contributed by atoms with Crippen LogP contribution in [0.1, 0.15) is 44.5 Å². The third-order valence-electron chi connectivity index (χ3n) is 20.8. The number of anilines is 3. The second-order valence-corrected chi connectivity index (χ2v) is 24.9.